The van der Waals surface area contributed by atoms with Crippen molar-refractivity contribution in [1.29, 1.82) is 0 Å². The maximum absolute atomic E-state index is 4.43. The highest BCUT2D eigenvalue weighted by Crippen LogP contribution is 2.44. The molecule has 0 saturated heterocycles. The summed E-state index contributed by atoms with van der Waals surface area (Å²) in [5.41, 5.74) is 4.67. The molecule has 0 aromatic carbocycles. The summed E-state index contributed by atoms with van der Waals surface area (Å²) >= 11 is 0. The summed E-state index contributed by atoms with van der Waals surface area (Å²) in [6.07, 6.45) is 10.0. The molecule has 1 saturated carbocycles. The first-order valence-corrected chi connectivity index (χ1v) is 5.89. The third-order valence-corrected chi connectivity index (χ3v) is 3.31. The van der Waals surface area contributed by atoms with E-state index in [2.05, 4.69) is 21.1 Å². The Hall–Kier alpha value is -2.10. The molecule has 0 amide bonds. The van der Waals surface area contributed by atoms with Crippen molar-refractivity contribution < 1.29 is 0 Å². The lowest BCUT2D eigenvalue weighted by Gasteiger charge is -2.00. The summed E-state index contributed by atoms with van der Waals surface area (Å²) in [5, 5.41) is 3.43. The van der Waals surface area contributed by atoms with E-state index in [1.807, 2.05) is 29.2 Å². The number of imidazole rings is 1. The second kappa shape index (κ2) is 3.20. The van der Waals surface area contributed by atoms with E-state index in [4.69, 9.17) is 0 Å². The van der Waals surface area contributed by atoms with Gasteiger partial charge in [-0.1, -0.05) is 6.07 Å². The first-order valence-electron chi connectivity index (χ1n) is 5.89. The molecule has 0 radical (unpaired) electrons. The van der Waals surface area contributed by atoms with Gasteiger partial charge in [-0.05, 0) is 18.9 Å². The third kappa shape index (κ3) is 1.30. The zero-order valence-electron chi connectivity index (χ0n) is 9.30. The first-order chi connectivity index (χ1) is 8.43. The third-order valence-electron chi connectivity index (χ3n) is 3.31. The number of hydrogen-bond donors (Lipinski definition) is 1. The largest absolute Gasteiger partial charge is 0.296 e. The van der Waals surface area contributed by atoms with Gasteiger partial charge in [-0.2, -0.15) is 0 Å². The fourth-order valence-electron chi connectivity index (χ4n) is 2.35. The fourth-order valence-corrected chi connectivity index (χ4v) is 2.35. The van der Waals surface area contributed by atoms with Crippen molar-refractivity contribution in [1.82, 2.24) is 19.6 Å². The molecular weight excluding hydrogens is 212 g/mol. The number of nitrogens with one attached hydrogen (secondary N) is 1. The molecule has 3 aromatic rings. The molecule has 84 valence electrons. The molecule has 3 aromatic heterocycles. The van der Waals surface area contributed by atoms with Gasteiger partial charge in [-0.3, -0.25) is 10.1 Å². The molecule has 1 aliphatic rings. The van der Waals surface area contributed by atoms with Gasteiger partial charge in [0.05, 0.1) is 0 Å². The molecule has 1 N–H and O–H groups in total. The maximum atomic E-state index is 4.43. The number of H-pyrrole nitrogens is 1. The van der Waals surface area contributed by atoms with Gasteiger partial charge in [-0.15, -0.1) is 0 Å². The Morgan fingerprint density at radius 3 is 3.00 bits per heavy atom. The maximum Gasteiger partial charge on any atom is 0.161 e. The zero-order valence-corrected chi connectivity index (χ0v) is 9.30. The van der Waals surface area contributed by atoms with Crippen LogP contribution in [0.5, 0.6) is 0 Å². The number of rotatable bonds is 2. The molecule has 4 heteroatoms. The molecule has 0 bridgehead atoms. The van der Waals surface area contributed by atoms with Gasteiger partial charge in [0.2, 0.25) is 0 Å². The van der Waals surface area contributed by atoms with Crippen molar-refractivity contribution >= 4 is 5.65 Å². The average Bonchev–Trinajstić information content (AvgIpc) is 3.00. The highest BCUT2D eigenvalue weighted by molar-refractivity contribution is 5.80. The minimum Gasteiger partial charge on any atom is -0.296 e. The van der Waals surface area contributed by atoms with Gasteiger partial charge in [0.1, 0.15) is 0 Å². The van der Waals surface area contributed by atoms with Crippen LogP contribution in [0.2, 0.25) is 0 Å². The van der Waals surface area contributed by atoms with Gasteiger partial charge in [-0.25, -0.2) is 9.50 Å². The second-order valence-corrected chi connectivity index (χ2v) is 4.54. The lowest BCUT2D eigenvalue weighted by molar-refractivity contribution is 0.899. The second-order valence-electron chi connectivity index (χ2n) is 4.54. The number of pyridine rings is 1. The Labute approximate surface area is 98.3 Å². The Morgan fingerprint density at radius 2 is 2.24 bits per heavy atom. The Bertz CT molecular complexity index is 661. The van der Waals surface area contributed by atoms with Crippen LogP contribution < -0.4 is 0 Å². The van der Waals surface area contributed by atoms with Crippen molar-refractivity contribution in [2.24, 2.45) is 0 Å². The summed E-state index contributed by atoms with van der Waals surface area (Å²) in [6, 6.07) is 4.06. The predicted octanol–water partition coefficient (Wildman–Crippen LogP) is 2.60. The van der Waals surface area contributed by atoms with Crippen LogP contribution in [0.3, 0.4) is 0 Å². The smallest absolute Gasteiger partial charge is 0.161 e. The molecule has 4 nitrogen and oxygen atoms in total. The molecule has 17 heavy (non-hydrogen) atoms. The summed E-state index contributed by atoms with van der Waals surface area (Å²) in [5.74, 6) is 0.673. The van der Waals surface area contributed by atoms with E-state index in [1.165, 1.54) is 24.1 Å². The highest BCUT2D eigenvalue weighted by atomic mass is 15.3. The standard InChI is InChI=1S/C13H12N4/c1-2-10(8-14-5-1)11-12(9-3-4-9)16-17-7-6-15-13(11)17/h1-2,5-9,16H,3-4H2. The van der Waals surface area contributed by atoms with Crippen molar-refractivity contribution in [3.63, 3.8) is 0 Å². The van der Waals surface area contributed by atoms with Crippen LogP contribution in [0, 0.1) is 0 Å². The van der Waals surface area contributed by atoms with Crippen LogP contribution in [0.15, 0.2) is 36.9 Å². The molecule has 3 heterocycles. The molecule has 0 unspecified atom stereocenters. The Kier molecular flexibility index (Phi) is 1.69. The molecule has 1 aliphatic carbocycles. The minimum atomic E-state index is 0.673. The topological polar surface area (TPSA) is 46.0 Å². The van der Waals surface area contributed by atoms with Crippen LogP contribution in [0.4, 0.5) is 0 Å². The van der Waals surface area contributed by atoms with Crippen molar-refractivity contribution in [2.75, 3.05) is 0 Å². The van der Waals surface area contributed by atoms with Crippen molar-refractivity contribution in [3.05, 3.63) is 42.6 Å². The van der Waals surface area contributed by atoms with E-state index >= 15 is 0 Å². The van der Waals surface area contributed by atoms with E-state index in [1.54, 1.807) is 6.20 Å². The molecule has 1 fully saturated rings. The predicted molar refractivity (Wildman–Crippen MR) is 64.7 cm³/mol. The van der Waals surface area contributed by atoms with Crippen molar-refractivity contribution in [2.45, 2.75) is 18.8 Å². The van der Waals surface area contributed by atoms with Crippen LogP contribution in [-0.4, -0.2) is 19.6 Å². The lowest BCUT2D eigenvalue weighted by atomic mass is 10.1. The van der Waals surface area contributed by atoms with Gasteiger partial charge in [0.25, 0.3) is 0 Å². The van der Waals surface area contributed by atoms with Crippen LogP contribution in [0.1, 0.15) is 24.5 Å². The molecule has 0 spiro atoms. The monoisotopic (exact) mass is 224 g/mol. The molecule has 4 rings (SSSR count). The minimum absolute atomic E-state index is 0.673. The fraction of sp³-hybridized carbons (Fsp3) is 0.231. The number of hydrogen-bond acceptors (Lipinski definition) is 2. The van der Waals surface area contributed by atoms with E-state index in [0.29, 0.717) is 5.92 Å². The SMILES string of the molecule is c1cncc(-c2c(C3CC3)[nH]n3ccnc23)c1. The molecule has 0 aliphatic heterocycles. The summed E-state index contributed by atoms with van der Waals surface area (Å²) in [4.78, 5) is 8.63. The van der Waals surface area contributed by atoms with E-state index in [9.17, 15) is 0 Å². The zero-order chi connectivity index (χ0) is 11.2. The summed E-state index contributed by atoms with van der Waals surface area (Å²) in [6.45, 7) is 0. The lowest BCUT2D eigenvalue weighted by Crippen LogP contribution is -1.86. The van der Waals surface area contributed by atoms with Crippen LogP contribution >= 0.6 is 0 Å². The van der Waals surface area contributed by atoms with Crippen LogP contribution in [-0.2, 0) is 0 Å². The van der Waals surface area contributed by atoms with Gasteiger partial charge in [0.15, 0.2) is 5.65 Å². The number of aromatic amines is 1. The van der Waals surface area contributed by atoms with Gasteiger partial charge < -0.3 is 0 Å². The van der Waals surface area contributed by atoms with E-state index < -0.39 is 0 Å². The Morgan fingerprint density at radius 1 is 1.29 bits per heavy atom. The quantitative estimate of drug-likeness (QED) is 0.727. The van der Waals surface area contributed by atoms with E-state index in [0.717, 1.165) is 11.2 Å². The molecular formula is C13H12N4. The number of nitrogens with zero attached hydrogens (tertiary/aromatic N) is 3. The van der Waals surface area contributed by atoms with Gasteiger partial charge in [0, 0.05) is 47.5 Å². The normalized spacial score (nSPS) is 15.5. The highest BCUT2D eigenvalue weighted by Gasteiger charge is 2.30. The summed E-state index contributed by atoms with van der Waals surface area (Å²) in [7, 11) is 0. The number of aromatic nitrogens is 4. The average molecular weight is 224 g/mol. The van der Waals surface area contributed by atoms with E-state index in [-0.39, 0.29) is 0 Å². The number of fused-ring (bicyclic) bond motifs is 1. The molecule has 0 atom stereocenters. The Balaban J connectivity index is 2.02. The van der Waals surface area contributed by atoms with Crippen LogP contribution in [0.25, 0.3) is 16.8 Å². The van der Waals surface area contributed by atoms with Crippen molar-refractivity contribution in [3.8, 4) is 11.1 Å². The summed E-state index contributed by atoms with van der Waals surface area (Å²) < 4.78 is 2.00. The first kappa shape index (κ1) is 8.98. The van der Waals surface area contributed by atoms with Gasteiger partial charge >= 0.3 is 0 Å².